The summed E-state index contributed by atoms with van der Waals surface area (Å²) in [6, 6.07) is 8.85. The van der Waals surface area contributed by atoms with Gasteiger partial charge in [-0.25, -0.2) is 4.79 Å². The number of ether oxygens (including phenoxy) is 1. The Labute approximate surface area is 95.0 Å². The fourth-order valence-corrected chi connectivity index (χ4v) is 3.12. The molecule has 1 aliphatic carbocycles. The van der Waals surface area contributed by atoms with Crippen molar-refractivity contribution in [2.24, 2.45) is 0 Å². The molecule has 1 heterocycles. The van der Waals surface area contributed by atoms with Crippen LogP contribution < -0.4 is 0 Å². The zero-order valence-corrected chi connectivity index (χ0v) is 9.35. The van der Waals surface area contributed by atoms with Crippen LogP contribution in [0, 0.1) is 0 Å². The van der Waals surface area contributed by atoms with Gasteiger partial charge in [-0.2, -0.15) is 0 Å². The van der Waals surface area contributed by atoms with Gasteiger partial charge in [-0.15, -0.1) is 0 Å². The lowest BCUT2D eigenvalue weighted by atomic mass is 9.98. The van der Waals surface area contributed by atoms with E-state index in [9.17, 15) is 4.79 Å². The molecule has 1 saturated heterocycles. The Hall–Kier alpha value is -1.51. The van der Waals surface area contributed by atoms with Crippen LogP contribution >= 0.6 is 0 Å². The van der Waals surface area contributed by atoms with E-state index in [-0.39, 0.29) is 6.09 Å². The molecule has 3 rings (SSSR count). The molecular formula is C13H15NO2. The van der Waals surface area contributed by atoms with Crippen LogP contribution in [0.5, 0.6) is 0 Å². The molecule has 1 aliphatic heterocycles. The Morgan fingerprint density at radius 1 is 1.44 bits per heavy atom. The smallest absolute Gasteiger partial charge is 0.409 e. The summed E-state index contributed by atoms with van der Waals surface area (Å²) in [7, 11) is 1.46. The van der Waals surface area contributed by atoms with E-state index in [4.69, 9.17) is 4.74 Å². The van der Waals surface area contributed by atoms with Crippen molar-refractivity contribution in [3.63, 3.8) is 0 Å². The minimum Gasteiger partial charge on any atom is -0.453 e. The van der Waals surface area contributed by atoms with E-state index in [2.05, 4.69) is 24.3 Å². The Bertz CT molecular complexity index is 430. The van der Waals surface area contributed by atoms with Crippen molar-refractivity contribution in [1.82, 2.24) is 4.90 Å². The van der Waals surface area contributed by atoms with Gasteiger partial charge in [0.25, 0.3) is 0 Å². The number of likely N-dealkylation sites (tertiary alicyclic amines) is 1. The molecule has 0 N–H and O–H groups in total. The van der Waals surface area contributed by atoms with Gasteiger partial charge < -0.3 is 9.64 Å². The van der Waals surface area contributed by atoms with Crippen LogP contribution in [0.25, 0.3) is 0 Å². The Kier molecular flexibility index (Phi) is 2.13. The van der Waals surface area contributed by atoms with E-state index in [0.29, 0.717) is 12.0 Å². The highest BCUT2D eigenvalue weighted by Gasteiger charge is 2.43. The lowest BCUT2D eigenvalue weighted by molar-refractivity contribution is 0.118. The molecule has 1 aromatic rings. The van der Waals surface area contributed by atoms with Crippen molar-refractivity contribution in [3.8, 4) is 0 Å². The quantitative estimate of drug-likeness (QED) is 0.666. The summed E-state index contributed by atoms with van der Waals surface area (Å²) >= 11 is 0. The maximum absolute atomic E-state index is 11.6. The fourth-order valence-electron chi connectivity index (χ4n) is 3.12. The van der Waals surface area contributed by atoms with Crippen molar-refractivity contribution < 1.29 is 9.53 Å². The van der Waals surface area contributed by atoms with E-state index in [1.807, 2.05) is 4.90 Å². The van der Waals surface area contributed by atoms with Crippen LogP contribution in [0.2, 0.25) is 0 Å². The van der Waals surface area contributed by atoms with Crippen molar-refractivity contribution in [1.29, 1.82) is 0 Å². The van der Waals surface area contributed by atoms with Crippen molar-refractivity contribution >= 4 is 6.09 Å². The monoisotopic (exact) mass is 217 g/mol. The van der Waals surface area contributed by atoms with Gasteiger partial charge in [-0.05, 0) is 24.0 Å². The second kappa shape index (κ2) is 3.51. The highest BCUT2D eigenvalue weighted by atomic mass is 16.5. The van der Waals surface area contributed by atoms with E-state index >= 15 is 0 Å². The minimum atomic E-state index is -0.180. The van der Waals surface area contributed by atoms with Gasteiger partial charge in [0.15, 0.2) is 0 Å². The van der Waals surface area contributed by atoms with Crippen molar-refractivity contribution in [2.75, 3.05) is 13.7 Å². The molecule has 1 aromatic carbocycles. The van der Waals surface area contributed by atoms with Gasteiger partial charge in [0.05, 0.1) is 7.11 Å². The number of amides is 1. The summed E-state index contributed by atoms with van der Waals surface area (Å²) in [6.07, 6.45) is 1.87. The van der Waals surface area contributed by atoms with Gasteiger partial charge in [0, 0.05) is 18.5 Å². The van der Waals surface area contributed by atoms with Gasteiger partial charge in [-0.1, -0.05) is 24.3 Å². The first kappa shape index (κ1) is 9.70. The zero-order valence-electron chi connectivity index (χ0n) is 9.35. The predicted molar refractivity (Wildman–Crippen MR) is 60.4 cm³/mol. The number of carbonyl (C=O) groups is 1. The van der Waals surface area contributed by atoms with E-state index < -0.39 is 0 Å². The highest BCUT2D eigenvalue weighted by molar-refractivity contribution is 5.69. The maximum atomic E-state index is 11.6. The topological polar surface area (TPSA) is 29.5 Å². The largest absolute Gasteiger partial charge is 0.453 e. The second-order valence-corrected chi connectivity index (χ2v) is 4.53. The molecule has 1 amide bonds. The lowest BCUT2D eigenvalue weighted by Gasteiger charge is -2.22. The number of rotatable bonds is 0. The number of fused-ring (bicyclic) bond motifs is 3. The van der Waals surface area contributed by atoms with Crippen molar-refractivity contribution in [3.05, 3.63) is 35.4 Å². The Morgan fingerprint density at radius 3 is 3.06 bits per heavy atom. The number of hydrogen-bond donors (Lipinski definition) is 0. The van der Waals surface area contributed by atoms with Crippen LogP contribution in [0.4, 0.5) is 4.79 Å². The SMILES string of the molecule is COC(=O)N1CC[C@H]2c3ccccc3C[C@H]21. The first-order valence-electron chi connectivity index (χ1n) is 5.73. The van der Waals surface area contributed by atoms with Crippen LogP contribution in [0.15, 0.2) is 24.3 Å². The third kappa shape index (κ3) is 1.24. The van der Waals surface area contributed by atoms with Crippen LogP contribution in [0.1, 0.15) is 23.5 Å². The first-order chi connectivity index (χ1) is 7.81. The second-order valence-electron chi connectivity index (χ2n) is 4.53. The fraction of sp³-hybridized carbons (Fsp3) is 0.462. The summed E-state index contributed by atoms with van der Waals surface area (Å²) in [5, 5.41) is 0. The van der Waals surface area contributed by atoms with Crippen LogP contribution in [-0.2, 0) is 11.2 Å². The third-order valence-electron chi connectivity index (χ3n) is 3.84. The summed E-state index contributed by atoms with van der Waals surface area (Å²) in [6.45, 7) is 0.830. The zero-order chi connectivity index (χ0) is 11.1. The average Bonchev–Trinajstić information content (AvgIpc) is 2.86. The van der Waals surface area contributed by atoms with E-state index in [1.54, 1.807) is 0 Å². The molecule has 3 heteroatoms. The number of benzene rings is 1. The molecule has 0 saturated carbocycles. The molecule has 3 nitrogen and oxygen atoms in total. The average molecular weight is 217 g/mol. The normalized spacial score (nSPS) is 26.4. The standard InChI is InChI=1S/C13H15NO2/c1-16-13(15)14-7-6-11-10-5-3-2-4-9(10)8-12(11)14/h2-5,11-12H,6-8H2,1H3/t11-,12+/m0/s1. The van der Waals surface area contributed by atoms with E-state index in [1.165, 1.54) is 18.2 Å². The van der Waals surface area contributed by atoms with E-state index in [0.717, 1.165) is 19.4 Å². The molecule has 2 aliphatic rings. The highest BCUT2D eigenvalue weighted by Crippen LogP contribution is 2.42. The summed E-state index contributed by atoms with van der Waals surface area (Å²) in [5.41, 5.74) is 2.82. The number of methoxy groups -OCH3 is 1. The van der Waals surface area contributed by atoms with Gasteiger partial charge in [-0.3, -0.25) is 0 Å². The summed E-state index contributed by atoms with van der Waals surface area (Å²) in [5.74, 6) is 0.523. The summed E-state index contributed by atoms with van der Waals surface area (Å²) in [4.78, 5) is 13.5. The van der Waals surface area contributed by atoms with Crippen molar-refractivity contribution in [2.45, 2.75) is 24.8 Å². The number of nitrogens with zero attached hydrogens (tertiary/aromatic N) is 1. The third-order valence-corrected chi connectivity index (χ3v) is 3.84. The molecule has 1 fully saturated rings. The molecule has 0 spiro atoms. The van der Waals surface area contributed by atoms with Gasteiger partial charge in [0.1, 0.15) is 0 Å². The molecule has 16 heavy (non-hydrogen) atoms. The molecule has 0 aromatic heterocycles. The Morgan fingerprint density at radius 2 is 2.25 bits per heavy atom. The Balaban J connectivity index is 1.90. The maximum Gasteiger partial charge on any atom is 0.409 e. The molecule has 0 bridgehead atoms. The number of hydrogen-bond acceptors (Lipinski definition) is 2. The first-order valence-corrected chi connectivity index (χ1v) is 5.73. The molecule has 0 unspecified atom stereocenters. The number of carbonyl (C=O) groups excluding carboxylic acids is 1. The minimum absolute atomic E-state index is 0.180. The summed E-state index contributed by atoms with van der Waals surface area (Å²) < 4.78 is 4.83. The van der Waals surface area contributed by atoms with Gasteiger partial charge >= 0.3 is 6.09 Å². The van der Waals surface area contributed by atoms with Gasteiger partial charge in [0.2, 0.25) is 0 Å². The predicted octanol–water partition coefficient (Wildman–Crippen LogP) is 2.17. The molecular weight excluding hydrogens is 202 g/mol. The lowest BCUT2D eigenvalue weighted by Crippen LogP contribution is -2.36. The van der Waals surface area contributed by atoms with Crippen LogP contribution in [-0.4, -0.2) is 30.7 Å². The molecule has 2 atom stereocenters. The molecule has 84 valence electrons. The molecule has 0 radical (unpaired) electrons. The van der Waals surface area contributed by atoms with Crippen LogP contribution in [0.3, 0.4) is 0 Å².